The van der Waals surface area contributed by atoms with Crippen LogP contribution in [-0.2, 0) is 16.1 Å². The number of ether oxygens (including phenoxy) is 1. The molecule has 2 N–H and O–H groups in total. The molecule has 5 nitrogen and oxygen atoms in total. The Labute approximate surface area is 130 Å². The van der Waals surface area contributed by atoms with E-state index in [4.69, 9.17) is 4.74 Å². The summed E-state index contributed by atoms with van der Waals surface area (Å²) in [5, 5.41) is 12.1. The number of carboxylic acid groups (broad SMARTS) is 1. The highest BCUT2D eigenvalue weighted by molar-refractivity contribution is 5.84. The van der Waals surface area contributed by atoms with Crippen LogP contribution in [0.15, 0.2) is 30.3 Å². The molecule has 5 heteroatoms. The van der Waals surface area contributed by atoms with Crippen molar-refractivity contribution >= 4 is 12.1 Å². The molecule has 1 amide bonds. The average molecular weight is 305 g/mol. The predicted molar refractivity (Wildman–Crippen MR) is 82.3 cm³/mol. The third kappa shape index (κ3) is 3.78. The van der Waals surface area contributed by atoms with E-state index in [0.717, 1.165) is 12.0 Å². The first kappa shape index (κ1) is 16.3. The highest BCUT2D eigenvalue weighted by Gasteiger charge is 2.45. The summed E-state index contributed by atoms with van der Waals surface area (Å²) in [4.78, 5) is 23.7. The maximum atomic E-state index is 12.0. The lowest BCUT2D eigenvalue weighted by Gasteiger charge is -2.39. The molecule has 0 heterocycles. The van der Waals surface area contributed by atoms with Crippen LogP contribution in [0.4, 0.5) is 4.79 Å². The monoisotopic (exact) mass is 305 g/mol. The minimum Gasteiger partial charge on any atom is -0.480 e. The van der Waals surface area contributed by atoms with Gasteiger partial charge in [-0.3, -0.25) is 0 Å². The quantitative estimate of drug-likeness (QED) is 0.895. The van der Waals surface area contributed by atoms with E-state index in [2.05, 4.69) is 12.2 Å². The van der Waals surface area contributed by atoms with E-state index in [1.807, 2.05) is 37.3 Å². The second-order valence-electron chi connectivity index (χ2n) is 6.27. The van der Waals surface area contributed by atoms with Gasteiger partial charge in [0.2, 0.25) is 0 Å². The molecule has 0 spiro atoms. The number of nitrogens with one attached hydrogen (secondary N) is 1. The standard InChI is InChI=1S/C17H23NO4/c1-12-8-9-17(15(19)20,10-13(12)2)18-16(21)22-11-14-6-4-3-5-7-14/h3-7,12-13H,8-11H2,1-2H3,(H,18,21)(H,19,20)/t12-,13-,17+/m1/s1. The fraction of sp³-hybridized carbons (Fsp3) is 0.529. The Kier molecular flexibility index (Phi) is 5.06. The Morgan fingerprint density at radius 1 is 1.27 bits per heavy atom. The van der Waals surface area contributed by atoms with Crippen molar-refractivity contribution in [1.82, 2.24) is 5.32 Å². The van der Waals surface area contributed by atoms with Crippen LogP contribution in [0.3, 0.4) is 0 Å². The number of carboxylic acids is 1. The number of hydrogen-bond donors (Lipinski definition) is 2. The van der Waals surface area contributed by atoms with Crippen LogP contribution in [0.5, 0.6) is 0 Å². The largest absolute Gasteiger partial charge is 0.480 e. The van der Waals surface area contributed by atoms with Gasteiger partial charge >= 0.3 is 12.1 Å². The molecule has 0 unspecified atom stereocenters. The highest BCUT2D eigenvalue weighted by atomic mass is 16.5. The fourth-order valence-electron chi connectivity index (χ4n) is 2.93. The molecule has 3 atom stereocenters. The van der Waals surface area contributed by atoms with Crippen molar-refractivity contribution in [3.05, 3.63) is 35.9 Å². The summed E-state index contributed by atoms with van der Waals surface area (Å²) in [5.41, 5.74) is -0.340. The molecule has 1 saturated carbocycles. The van der Waals surface area contributed by atoms with Gasteiger partial charge in [-0.2, -0.15) is 0 Å². The first-order valence-electron chi connectivity index (χ1n) is 7.65. The molecule has 1 fully saturated rings. The van der Waals surface area contributed by atoms with Crippen LogP contribution in [0.25, 0.3) is 0 Å². The van der Waals surface area contributed by atoms with Gasteiger partial charge in [0.15, 0.2) is 0 Å². The zero-order valence-electron chi connectivity index (χ0n) is 13.0. The van der Waals surface area contributed by atoms with Gasteiger partial charge in [0.25, 0.3) is 0 Å². The number of rotatable bonds is 4. The van der Waals surface area contributed by atoms with Crippen LogP contribution in [-0.4, -0.2) is 22.7 Å². The molecule has 1 aromatic carbocycles. The van der Waals surface area contributed by atoms with Crippen LogP contribution >= 0.6 is 0 Å². The fourth-order valence-corrected chi connectivity index (χ4v) is 2.93. The Morgan fingerprint density at radius 2 is 1.95 bits per heavy atom. The minimum atomic E-state index is -1.21. The summed E-state index contributed by atoms with van der Waals surface area (Å²) in [6.45, 7) is 4.27. The number of benzene rings is 1. The third-order valence-electron chi connectivity index (χ3n) is 4.63. The SMILES string of the molecule is C[C@@H]1CC[C@@](NC(=O)OCc2ccccc2)(C(=O)O)C[C@H]1C. The Hall–Kier alpha value is -2.04. The van der Waals surface area contributed by atoms with Crippen molar-refractivity contribution < 1.29 is 19.4 Å². The maximum absolute atomic E-state index is 12.0. The maximum Gasteiger partial charge on any atom is 0.408 e. The van der Waals surface area contributed by atoms with E-state index < -0.39 is 17.6 Å². The summed E-state index contributed by atoms with van der Waals surface area (Å²) in [6, 6.07) is 9.31. The van der Waals surface area contributed by atoms with Crippen molar-refractivity contribution in [1.29, 1.82) is 0 Å². The second kappa shape index (κ2) is 6.81. The third-order valence-corrected chi connectivity index (χ3v) is 4.63. The van der Waals surface area contributed by atoms with Gasteiger partial charge in [-0.05, 0) is 36.7 Å². The van der Waals surface area contributed by atoms with Crippen molar-refractivity contribution in [3.63, 3.8) is 0 Å². The van der Waals surface area contributed by atoms with Crippen molar-refractivity contribution in [2.24, 2.45) is 11.8 Å². The van der Waals surface area contributed by atoms with E-state index in [-0.39, 0.29) is 12.5 Å². The zero-order valence-corrected chi connectivity index (χ0v) is 13.0. The minimum absolute atomic E-state index is 0.133. The van der Waals surface area contributed by atoms with Crippen LogP contribution < -0.4 is 5.32 Å². The number of hydrogen-bond acceptors (Lipinski definition) is 3. The number of aliphatic carboxylic acids is 1. The number of carbonyl (C=O) groups excluding carboxylic acids is 1. The topological polar surface area (TPSA) is 75.6 Å². The lowest BCUT2D eigenvalue weighted by molar-refractivity contribution is -0.147. The van der Waals surface area contributed by atoms with E-state index in [9.17, 15) is 14.7 Å². The summed E-state index contributed by atoms with van der Waals surface area (Å²) in [6.07, 6.45) is 0.984. The molecule has 0 aliphatic heterocycles. The first-order valence-corrected chi connectivity index (χ1v) is 7.65. The smallest absolute Gasteiger partial charge is 0.408 e. The summed E-state index contributed by atoms with van der Waals surface area (Å²) >= 11 is 0. The second-order valence-corrected chi connectivity index (χ2v) is 6.27. The molecule has 0 aromatic heterocycles. The number of carbonyl (C=O) groups is 2. The van der Waals surface area contributed by atoms with Crippen molar-refractivity contribution in [2.45, 2.75) is 45.3 Å². The zero-order chi connectivity index (χ0) is 16.2. The van der Waals surface area contributed by atoms with Crippen LogP contribution in [0.1, 0.15) is 38.7 Å². The average Bonchev–Trinajstić information content (AvgIpc) is 2.50. The number of amides is 1. The van der Waals surface area contributed by atoms with E-state index in [1.165, 1.54) is 0 Å². The molecule has 1 aromatic rings. The van der Waals surface area contributed by atoms with Gasteiger partial charge in [0.1, 0.15) is 12.1 Å². The summed E-state index contributed by atoms with van der Waals surface area (Å²) in [5.74, 6) is -0.267. The van der Waals surface area contributed by atoms with E-state index in [1.54, 1.807) is 0 Å². The molecule has 22 heavy (non-hydrogen) atoms. The molecular formula is C17H23NO4. The molecule has 1 aliphatic carbocycles. The molecule has 2 rings (SSSR count). The van der Waals surface area contributed by atoms with Crippen LogP contribution in [0, 0.1) is 11.8 Å². The Morgan fingerprint density at radius 3 is 2.55 bits per heavy atom. The van der Waals surface area contributed by atoms with Gasteiger partial charge in [0, 0.05) is 0 Å². The van der Waals surface area contributed by atoms with Crippen molar-refractivity contribution in [3.8, 4) is 0 Å². The van der Waals surface area contributed by atoms with Gasteiger partial charge in [0.05, 0.1) is 0 Å². The molecule has 0 saturated heterocycles. The summed E-state index contributed by atoms with van der Waals surface area (Å²) in [7, 11) is 0. The summed E-state index contributed by atoms with van der Waals surface area (Å²) < 4.78 is 5.15. The Balaban J connectivity index is 1.96. The normalized spacial score (nSPS) is 27.9. The van der Waals surface area contributed by atoms with Gasteiger partial charge in [-0.25, -0.2) is 9.59 Å². The molecular weight excluding hydrogens is 282 g/mol. The first-order chi connectivity index (χ1) is 10.4. The lowest BCUT2D eigenvalue weighted by Crippen LogP contribution is -2.57. The van der Waals surface area contributed by atoms with E-state index in [0.29, 0.717) is 18.8 Å². The molecule has 0 bridgehead atoms. The molecule has 120 valence electrons. The molecule has 0 radical (unpaired) electrons. The number of alkyl carbamates (subject to hydrolysis) is 1. The van der Waals surface area contributed by atoms with Gasteiger partial charge < -0.3 is 15.2 Å². The van der Waals surface area contributed by atoms with E-state index >= 15 is 0 Å². The molecule has 1 aliphatic rings. The lowest BCUT2D eigenvalue weighted by atomic mass is 9.71. The Bertz CT molecular complexity index is 531. The van der Waals surface area contributed by atoms with Gasteiger partial charge in [-0.15, -0.1) is 0 Å². The predicted octanol–water partition coefficient (Wildman–Crippen LogP) is 3.19. The van der Waals surface area contributed by atoms with Crippen molar-refractivity contribution in [2.75, 3.05) is 0 Å². The highest BCUT2D eigenvalue weighted by Crippen LogP contribution is 2.36. The van der Waals surface area contributed by atoms with Gasteiger partial charge in [-0.1, -0.05) is 44.2 Å². The van der Waals surface area contributed by atoms with Crippen LogP contribution in [0.2, 0.25) is 0 Å².